The van der Waals surface area contributed by atoms with Crippen molar-refractivity contribution in [3.63, 3.8) is 0 Å². The van der Waals surface area contributed by atoms with E-state index in [2.05, 4.69) is 4.52 Å². The Morgan fingerprint density at radius 3 is 2.33 bits per heavy atom. The molecule has 0 aromatic rings. The molecule has 12 heavy (non-hydrogen) atoms. The van der Waals surface area contributed by atoms with Gasteiger partial charge >= 0.3 is 59.2 Å². The number of rotatable bonds is 5. The third kappa shape index (κ3) is 11.7. The maximum atomic E-state index is 10.1. The van der Waals surface area contributed by atoms with Crippen LogP contribution in [0.25, 0.3) is 0 Å². The molecule has 0 aliphatic carbocycles. The van der Waals surface area contributed by atoms with Gasteiger partial charge in [-0.3, -0.25) is 4.52 Å². The quantitative estimate of drug-likeness (QED) is 0.502. The summed E-state index contributed by atoms with van der Waals surface area (Å²) >= 11 is 0. The Balaban J connectivity index is 0. The first kappa shape index (κ1) is 16.1. The molecule has 0 amide bonds. The molecule has 7 heteroatoms. The van der Waals surface area contributed by atoms with Gasteiger partial charge in [-0.25, -0.2) is 4.57 Å². The Morgan fingerprint density at radius 2 is 2.00 bits per heavy atom. The minimum atomic E-state index is -4.29. The van der Waals surface area contributed by atoms with E-state index < -0.39 is 7.82 Å². The molecule has 70 valence electrons. The molecule has 1 atom stereocenters. The summed E-state index contributed by atoms with van der Waals surface area (Å²) < 4.78 is 19.2. The van der Waals surface area contributed by atoms with Crippen molar-refractivity contribution >= 4 is 59.2 Å². The fourth-order valence-electron chi connectivity index (χ4n) is 0.455. The van der Waals surface area contributed by atoms with Crippen LogP contribution in [0.2, 0.25) is 0 Å². The Labute approximate surface area is 114 Å². The SMILES string of the molecule is COC(C)CCOP(=O)(O)O.[KH]. The summed E-state index contributed by atoms with van der Waals surface area (Å²) in [6, 6.07) is 0. The minimum absolute atomic E-state index is 0. The van der Waals surface area contributed by atoms with Crippen LogP contribution >= 0.6 is 7.82 Å². The number of methoxy groups -OCH3 is 1. The van der Waals surface area contributed by atoms with E-state index in [0.29, 0.717) is 6.42 Å². The topological polar surface area (TPSA) is 76.0 Å². The molecule has 0 aliphatic heterocycles. The van der Waals surface area contributed by atoms with E-state index in [1.165, 1.54) is 7.11 Å². The van der Waals surface area contributed by atoms with Gasteiger partial charge in [0.15, 0.2) is 0 Å². The first-order valence-electron chi connectivity index (χ1n) is 3.18. The van der Waals surface area contributed by atoms with E-state index in [9.17, 15) is 4.57 Å². The van der Waals surface area contributed by atoms with Gasteiger partial charge in [0.05, 0.1) is 12.7 Å². The van der Waals surface area contributed by atoms with Gasteiger partial charge in [-0.1, -0.05) is 0 Å². The number of ether oxygens (including phenoxy) is 1. The monoisotopic (exact) mass is 224 g/mol. The van der Waals surface area contributed by atoms with Gasteiger partial charge in [0, 0.05) is 7.11 Å². The summed E-state index contributed by atoms with van der Waals surface area (Å²) in [6.45, 7) is 1.81. The number of phosphoric acid groups is 1. The molecule has 0 saturated carbocycles. The maximum absolute atomic E-state index is 10.1. The summed E-state index contributed by atoms with van der Waals surface area (Å²) in [4.78, 5) is 16.5. The van der Waals surface area contributed by atoms with E-state index >= 15 is 0 Å². The zero-order chi connectivity index (χ0) is 8.91. The van der Waals surface area contributed by atoms with Crippen molar-refractivity contribution in [2.45, 2.75) is 19.4 Å². The Morgan fingerprint density at radius 1 is 1.50 bits per heavy atom. The van der Waals surface area contributed by atoms with Crippen LogP contribution in [0.15, 0.2) is 0 Å². The van der Waals surface area contributed by atoms with Gasteiger partial charge < -0.3 is 14.5 Å². The Bertz CT molecular complexity index is 147. The first-order chi connectivity index (χ1) is 4.95. The van der Waals surface area contributed by atoms with Crippen LogP contribution in [0.5, 0.6) is 0 Å². The molecule has 0 fully saturated rings. The van der Waals surface area contributed by atoms with Crippen LogP contribution in [0, 0.1) is 0 Å². The fraction of sp³-hybridized carbons (Fsp3) is 1.00. The molecule has 0 aromatic carbocycles. The number of hydrogen-bond donors (Lipinski definition) is 2. The molecule has 0 aliphatic rings. The molecular formula is C5H14KO5P. The molecule has 0 saturated heterocycles. The summed E-state index contributed by atoms with van der Waals surface area (Å²) in [6.07, 6.45) is 0.434. The van der Waals surface area contributed by atoms with E-state index in [-0.39, 0.29) is 64.1 Å². The van der Waals surface area contributed by atoms with Crippen molar-refractivity contribution in [1.82, 2.24) is 0 Å². The molecule has 0 spiro atoms. The average Bonchev–Trinajstić information content (AvgIpc) is 1.85. The standard InChI is InChI=1S/C5H13O5P.K.H/c1-5(9-2)3-4-10-11(6,7)8;;/h5H,3-4H2,1-2H3,(H2,6,7,8);;. The van der Waals surface area contributed by atoms with Crippen molar-refractivity contribution in [3.05, 3.63) is 0 Å². The second-order valence-electron chi connectivity index (χ2n) is 2.16. The molecule has 2 N–H and O–H groups in total. The van der Waals surface area contributed by atoms with Crippen LogP contribution in [-0.4, -0.2) is 81.0 Å². The predicted molar refractivity (Wildman–Crippen MR) is 46.2 cm³/mol. The summed E-state index contributed by atoms with van der Waals surface area (Å²) in [5, 5.41) is 0. The molecule has 0 rings (SSSR count). The van der Waals surface area contributed by atoms with E-state index in [1.54, 1.807) is 6.92 Å². The summed E-state index contributed by atoms with van der Waals surface area (Å²) in [5.41, 5.74) is 0. The van der Waals surface area contributed by atoms with E-state index in [0.717, 1.165) is 0 Å². The van der Waals surface area contributed by atoms with Crippen LogP contribution in [-0.2, 0) is 13.8 Å². The van der Waals surface area contributed by atoms with Crippen molar-refractivity contribution in [2.75, 3.05) is 13.7 Å². The number of hydrogen-bond acceptors (Lipinski definition) is 3. The van der Waals surface area contributed by atoms with Gasteiger partial charge in [-0.2, -0.15) is 0 Å². The van der Waals surface area contributed by atoms with E-state index in [4.69, 9.17) is 14.5 Å². The molecule has 5 nitrogen and oxygen atoms in total. The molecular weight excluding hydrogens is 210 g/mol. The first-order valence-corrected chi connectivity index (χ1v) is 4.71. The van der Waals surface area contributed by atoms with Crippen LogP contribution in [0.4, 0.5) is 0 Å². The van der Waals surface area contributed by atoms with Gasteiger partial charge in [0.1, 0.15) is 0 Å². The van der Waals surface area contributed by atoms with Crippen LogP contribution in [0.3, 0.4) is 0 Å². The van der Waals surface area contributed by atoms with E-state index in [1.807, 2.05) is 0 Å². The Kier molecular flexibility index (Phi) is 10.8. The molecule has 1 unspecified atom stereocenters. The zero-order valence-electron chi connectivity index (χ0n) is 6.56. The number of phosphoric ester groups is 1. The van der Waals surface area contributed by atoms with Crippen molar-refractivity contribution in [2.24, 2.45) is 0 Å². The van der Waals surface area contributed by atoms with Gasteiger partial charge in [-0.15, -0.1) is 0 Å². The second-order valence-corrected chi connectivity index (χ2v) is 3.40. The molecule has 0 aromatic heterocycles. The van der Waals surface area contributed by atoms with Crippen molar-refractivity contribution in [3.8, 4) is 0 Å². The van der Waals surface area contributed by atoms with Gasteiger partial charge in [0.2, 0.25) is 0 Å². The molecule has 0 bridgehead atoms. The summed E-state index contributed by atoms with van der Waals surface area (Å²) in [7, 11) is -2.76. The zero-order valence-corrected chi connectivity index (χ0v) is 7.45. The summed E-state index contributed by atoms with van der Waals surface area (Å²) in [5.74, 6) is 0. The van der Waals surface area contributed by atoms with Gasteiger partial charge in [-0.05, 0) is 13.3 Å². The third-order valence-corrected chi connectivity index (χ3v) is 1.71. The van der Waals surface area contributed by atoms with Gasteiger partial charge in [0.25, 0.3) is 0 Å². The van der Waals surface area contributed by atoms with Crippen molar-refractivity contribution in [1.29, 1.82) is 0 Å². The molecule has 0 radical (unpaired) electrons. The van der Waals surface area contributed by atoms with Crippen molar-refractivity contribution < 1.29 is 23.6 Å². The normalized spacial score (nSPS) is 13.7. The second kappa shape index (κ2) is 8.05. The van der Waals surface area contributed by atoms with Crippen LogP contribution < -0.4 is 0 Å². The predicted octanol–water partition coefficient (Wildman–Crippen LogP) is -0.128. The average molecular weight is 224 g/mol. The Hall–Kier alpha value is 1.71. The fourth-order valence-corrected chi connectivity index (χ4v) is 0.799. The molecule has 0 heterocycles. The third-order valence-electron chi connectivity index (χ3n) is 1.19. The van der Waals surface area contributed by atoms with Crippen LogP contribution in [0.1, 0.15) is 13.3 Å².